The Kier molecular flexibility index (Phi) is 6.25. The van der Waals surface area contributed by atoms with E-state index in [1.54, 1.807) is 24.5 Å². The number of rotatable bonds is 6. The summed E-state index contributed by atoms with van der Waals surface area (Å²) in [5.74, 6) is -0.159. The smallest absolute Gasteiger partial charge is 0.340 e. The highest BCUT2D eigenvalue weighted by atomic mass is 31.2. The van der Waals surface area contributed by atoms with E-state index in [2.05, 4.69) is 16.8 Å². The second-order valence-electron chi connectivity index (χ2n) is 4.41. The van der Waals surface area contributed by atoms with Crippen LogP contribution in [0.2, 0.25) is 0 Å². The van der Waals surface area contributed by atoms with Gasteiger partial charge < -0.3 is 20.0 Å². The van der Waals surface area contributed by atoms with Crippen molar-refractivity contribution in [3.8, 4) is 11.8 Å². The quantitative estimate of drug-likeness (QED) is 0.432. The summed E-state index contributed by atoms with van der Waals surface area (Å²) < 4.78 is 11.2. The lowest BCUT2D eigenvalue weighted by atomic mass is 10.0. The Bertz CT molecular complexity index is 643. The lowest BCUT2D eigenvalue weighted by Gasteiger charge is -2.19. The van der Waals surface area contributed by atoms with Crippen LogP contribution in [0.15, 0.2) is 24.5 Å². The van der Waals surface area contributed by atoms with Crippen LogP contribution in [0.1, 0.15) is 12.0 Å². The second-order valence-corrected chi connectivity index (χ2v) is 6.14. The maximum atomic E-state index is 11.2. The molecule has 8 nitrogen and oxygen atoms in total. The fourth-order valence-electron chi connectivity index (χ4n) is 1.73. The number of aliphatic carboxylic acids is 2. The number of hydrogen-bond donors (Lipinski definition) is 4. The van der Waals surface area contributed by atoms with E-state index in [1.807, 2.05) is 0 Å². The van der Waals surface area contributed by atoms with E-state index in [9.17, 15) is 14.2 Å². The SMILES string of the molecule is O=C(O)C(CC#CCc1ccncc1)C(C(=O)O)P(=O)(O)O. The first-order chi connectivity index (χ1) is 10.2. The Morgan fingerprint density at radius 2 is 1.73 bits per heavy atom. The average molecular weight is 327 g/mol. The molecule has 9 heteroatoms. The van der Waals surface area contributed by atoms with Crippen molar-refractivity contribution in [3.05, 3.63) is 30.1 Å². The van der Waals surface area contributed by atoms with Gasteiger partial charge in [0, 0.05) is 25.2 Å². The van der Waals surface area contributed by atoms with Crippen molar-refractivity contribution in [2.24, 2.45) is 5.92 Å². The lowest BCUT2D eigenvalue weighted by Crippen LogP contribution is -2.34. The molecule has 0 spiro atoms. The molecule has 0 aliphatic carbocycles. The third kappa shape index (κ3) is 5.30. The van der Waals surface area contributed by atoms with Gasteiger partial charge in [-0.05, 0) is 17.7 Å². The van der Waals surface area contributed by atoms with E-state index in [-0.39, 0.29) is 0 Å². The molecule has 0 aliphatic heterocycles. The normalized spacial score (nSPS) is 13.5. The van der Waals surface area contributed by atoms with Gasteiger partial charge in [0.05, 0.1) is 5.92 Å². The van der Waals surface area contributed by atoms with E-state index >= 15 is 0 Å². The first-order valence-electron chi connectivity index (χ1n) is 6.09. The standard InChI is InChI=1S/C13H14NO7P/c15-12(16)10(11(13(17)18)22(19,20)21)4-2-1-3-9-5-7-14-8-6-9/h5-8,10-11H,3-4H2,(H,15,16)(H,17,18)(H2,19,20,21). The molecule has 0 aliphatic rings. The molecule has 2 atom stereocenters. The van der Waals surface area contributed by atoms with Crippen LogP contribution in [0.5, 0.6) is 0 Å². The highest BCUT2D eigenvalue weighted by Crippen LogP contribution is 2.46. The van der Waals surface area contributed by atoms with Crippen LogP contribution < -0.4 is 0 Å². The van der Waals surface area contributed by atoms with E-state index in [4.69, 9.17) is 20.0 Å². The van der Waals surface area contributed by atoms with Gasteiger partial charge in [-0.25, -0.2) is 0 Å². The van der Waals surface area contributed by atoms with Crippen molar-refractivity contribution in [1.82, 2.24) is 4.98 Å². The van der Waals surface area contributed by atoms with Crippen LogP contribution in [0, 0.1) is 17.8 Å². The average Bonchev–Trinajstić information content (AvgIpc) is 2.41. The zero-order valence-electron chi connectivity index (χ0n) is 11.3. The Hall–Kier alpha value is -2.20. The molecule has 0 saturated carbocycles. The first kappa shape index (κ1) is 17.9. The van der Waals surface area contributed by atoms with Crippen LogP contribution >= 0.6 is 7.60 Å². The molecule has 0 bridgehead atoms. The number of aromatic nitrogens is 1. The third-order valence-electron chi connectivity index (χ3n) is 2.80. The minimum Gasteiger partial charge on any atom is -0.481 e. The molecule has 0 amide bonds. The summed E-state index contributed by atoms with van der Waals surface area (Å²) in [6, 6.07) is 3.41. The number of carbonyl (C=O) groups is 2. The molecule has 22 heavy (non-hydrogen) atoms. The van der Waals surface area contributed by atoms with Crippen molar-refractivity contribution in [2.75, 3.05) is 0 Å². The Balaban J connectivity index is 2.83. The number of nitrogens with zero attached hydrogens (tertiary/aromatic N) is 1. The molecule has 0 saturated heterocycles. The van der Waals surface area contributed by atoms with Gasteiger partial charge in [0.25, 0.3) is 0 Å². The largest absolute Gasteiger partial charge is 0.481 e. The van der Waals surface area contributed by atoms with Crippen LogP contribution in [-0.2, 0) is 20.6 Å². The third-order valence-corrected chi connectivity index (χ3v) is 4.11. The molecule has 1 rings (SSSR count). The minimum atomic E-state index is -5.11. The maximum Gasteiger partial charge on any atom is 0.340 e. The van der Waals surface area contributed by atoms with Crippen molar-refractivity contribution in [2.45, 2.75) is 18.5 Å². The summed E-state index contributed by atoms with van der Waals surface area (Å²) in [5, 5.41) is 17.8. The van der Waals surface area contributed by atoms with Crippen LogP contribution in [0.25, 0.3) is 0 Å². The number of carboxylic acid groups (broad SMARTS) is 2. The molecular formula is C13H14NO7P. The number of carboxylic acids is 2. The summed E-state index contributed by atoms with van der Waals surface area (Å²) in [5.41, 5.74) is -1.49. The fraction of sp³-hybridized carbons (Fsp3) is 0.308. The molecule has 1 aromatic heterocycles. The molecule has 2 unspecified atom stereocenters. The van der Waals surface area contributed by atoms with Gasteiger partial charge in [0.15, 0.2) is 5.66 Å². The van der Waals surface area contributed by atoms with E-state index in [1.165, 1.54) is 0 Å². The number of hydrogen-bond acceptors (Lipinski definition) is 4. The fourth-order valence-corrected chi connectivity index (χ4v) is 2.72. The van der Waals surface area contributed by atoms with Crippen molar-refractivity contribution < 1.29 is 34.2 Å². The summed E-state index contributed by atoms with van der Waals surface area (Å²) >= 11 is 0. The highest BCUT2D eigenvalue weighted by molar-refractivity contribution is 7.53. The molecule has 0 radical (unpaired) electrons. The molecule has 1 aromatic rings. The van der Waals surface area contributed by atoms with Gasteiger partial charge in [-0.1, -0.05) is 5.92 Å². The Morgan fingerprint density at radius 1 is 1.14 bits per heavy atom. The van der Waals surface area contributed by atoms with Crippen molar-refractivity contribution in [1.29, 1.82) is 0 Å². The predicted octanol–water partition coefficient (Wildman–Crippen LogP) is 0.349. The van der Waals surface area contributed by atoms with Gasteiger partial charge in [0.2, 0.25) is 0 Å². The zero-order valence-corrected chi connectivity index (χ0v) is 12.2. The summed E-state index contributed by atoms with van der Waals surface area (Å²) in [6.45, 7) is 0. The van der Waals surface area contributed by atoms with Crippen LogP contribution in [-0.4, -0.2) is 42.6 Å². The number of pyridine rings is 1. The maximum absolute atomic E-state index is 11.2. The van der Waals surface area contributed by atoms with Gasteiger partial charge in [-0.2, -0.15) is 0 Å². The summed E-state index contributed by atoms with van der Waals surface area (Å²) in [7, 11) is -5.11. The monoisotopic (exact) mass is 327 g/mol. The molecular weight excluding hydrogens is 313 g/mol. The molecule has 1 heterocycles. The predicted molar refractivity (Wildman–Crippen MR) is 74.9 cm³/mol. The van der Waals surface area contributed by atoms with Crippen molar-refractivity contribution >= 4 is 19.5 Å². The Morgan fingerprint density at radius 3 is 2.18 bits per heavy atom. The van der Waals surface area contributed by atoms with Crippen LogP contribution in [0.4, 0.5) is 0 Å². The minimum absolute atomic E-state index is 0.294. The second kappa shape index (κ2) is 7.71. The van der Waals surface area contributed by atoms with Crippen molar-refractivity contribution in [3.63, 3.8) is 0 Å². The first-order valence-corrected chi connectivity index (χ1v) is 7.77. The van der Waals surface area contributed by atoms with Gasteiger partial charge in [-0.3, -0.25) is 19.1 Å². The van der Waals surface area contributed by atoms with Gasteiger partial charge in [-0.15, -0.1) is 5.92 Å². The van der Waals surface area contributed by atoms with Gasteiger partial charge >= 0.3 is 19.5 Å². The lowest BCUT2D eigenvalue weighted by molar-refractivity contribution is -0.148. The molecule has 118 valence electrons. The van der Waals surface area contributed by atoms with E-state index in [0.29, 0.717) is 6.42 Å². The topological polar surface area (TPSA) is 145 Å². The molecule has 4 N–H and O–H groups in total. The summed E-state index contributed by atoms with van der Waals surface area (Å²) in [6.07, 6.45) is 2.95. The summed E-state index contributed by atoms with van der Waals surface area (Å²) in [4.78, 5) is 43.9. The van der Waals surface area contributed by atoms with E-state index in [0.717, 1.165) is 5.56 Å². The highest BCUT2D eigenvalue weighted by Gasteiger charge is 2.45. The zero-order chi connectivity index (χ0) is 16.8. The molecule has 0 aromatic carbocycles. The Labute approximate surface area is 126 Å². The van der Waals surface area contributed by atoms with Gasteiger partial charge in [0.1, 0.15) is 0 Å². The van der Waals surface area contributed by atoms with Crippen LogP contribution in [0.3, 0.4) is 0 Å². The molecule has 0 fully saturated rings. The van der Waals surface area contributed by atoms with E-state index < -0.39 is 37.5 Å².